The summed E-state index contributed by atoms with van der Waals surface area (Å²) in [6.45, 7) is 5.04. The topological polar surface area (TPSA) is 75.7 Å². The predicted octanol–water partition coefficient (Wildman–Crippen LogP) is 1.24. The quantitative estimate of drug-likeness (QED) is 0.838. The van der Waals surface area contributed by atoms with Crippen LogP contribution in [0.1, 0.15) is 19.4 Å². The fourth-order valence-corrected chi connectivity index (χ4v) is 3.24. The van der Waals surface area contributed by atoms with Gasteiger partial charge in [0.15, 0.2) is 0 Å². The Balaban J connectivity index is 2.04. The second kappa shape index (κ2) is 7.25. The van der Waals surface area contributed by atoms with Gasteiger partial charge in [-0.15, -0.1) is 0 Å². The summed E-state index contributed by atoms with van der Waals surface area (Å²) in [4.78, 5) is 14.2. The third-order valence-electron chi connectivity index (χ3n) is 3.61. The summed E-state index contributed by atoms with van der Waals surface area (Å²) >= 11 is 0. The molecule has 0 aromatic heterocycles. The summed E-state index contributed by atoms with van der Waals surface area (Å²) in [6, 6.07) is 6.35. The Hall–Kier alpha value is -1.70. The Morgan fingerprint density at radius 1 is 1.22 bits per heavy atom. The molecule has 1 amide bonds. The van der Waals surface area contributed by atoms with Crippen molar-refractivity contribution in [3.05, 3.63) is 35.9 Å². The molecule has 0 unspecified atom stereocenters. The van der Waals surface area contributed by atoms with Gasteiger partial charge >= 0.3 is 0 Å². The maximum Gasteiger partial charge on any atom is 0.246 e. The van der Waals surface area contributed by atoms with Gasteiger partial charge in [-0.2, -0.15) is 0 Å². The number of benzene rings is 1. The lowest BCUT2D eigenvalue weighted by Gasteiger charge is -2.34. The van der Waals surface area contributed by atoms with Crippen LogP contribution in [0.25, 0.3) is 6.08 Å². The largest absolute Gasteiger partial charge is 0.372 e. The molecule has 1 saturated heterocycles. The molecule has 0 radical (unpaired) electrons. The number of nitrogens with one attached hydrogen (secondary N) is 1. The van der Waals surface area contributed by atoms with E-state index in [1.165, 1.54) is 25.3 Å². The number of sulfonamides is 1. The Morgan fingerprint density at radius 2 is 1.78 bits per heavy atom. The molecule has 7 heteroatoms. The van der Waals surface area contributed by atoms with E-state index in [1.807, 2.05) is 13.8 Å². The lowest BCUT2D eigenvalue weighted by atomic mass is 10.2. The van der Waals surface area contributed by atoms with E-state index in [2.05, 4.69) is 4.72 Å². The van der Waals surface area contributed by atoms with Gasteiger partial charge in [-0.05, 0) is 44.7 Å². The number of amides is 1. The van der Waals surface area contributed by atoms with Gasteiger partial charge in [-0.3, -0.25) is 4.79 Å². The standard InChI is InChI=1S/C16H22N2O4S/c1-12-10-18(11-13(2)22-12)16(19)9-6-14-4-7-15(8-5-14)23(20,21)17-3/h4-9,12-13,17H,10-11H2,1-3H3/b9-6-/t12-,13+. The fourth-order valence-electron chi connectivity index (χ4n) is 2.51. The van der Waals surface area contributed by atoms with Crippen molar-refractivity contribution >= 4 is 22.0 Å². The van der Waals surface area contributed by atoms with Crippen LogP contribution in [0.15, 0.2) is 35.2 Å². The second-order valence-corrected chi connectivity index (χ2v) is 7.50. The number of nitrogens with zero attached hydrogens (tertiary/aromatic N) is 1. The number of ether oxygens (including phenoxy) is 1. The zero-order valence-corrected chi connectivity index (χ0v) is 14.3. The molecule has 1 aromatic carbocycles. The summed E-state index contributed by atoms with van der Waals surface area (Å²) in [6.07, 6.45) is 3.25. The number of carbonyl (C=O) groups is 1. The molecule has 1 N–H and O–H groups in total. The smallest absolute Gasteiger partial charge is 0.246 e. The number of hydrogen-bond donors (Lipinski definition) is 1. The first-order valence-corrected chi connectivity index (χ1v) is 8.96. The Bertz CT molecular complexity index is 673. The molecule has 1 aromatic rings. The monoisotopic (exact) mass is 338 g/mol. The lowest BCUT2D eigenvalue weighted by molar-refractivity contribution is -0.137. The van der Waals surface area contributed by atoms with Crippen molar-refractivity contribution in [3.63, 3.8) is 0 Å². The number of rotatable bonds is 4. The molecule has 1 aliphatic rings. The highest BCUT2D eigenvalue weighted by molar-refractivity contribution is 7.89. The normalized spacial score (nSPS) is 22.5. The first-order chi connectivity index (χ1) is 10.8. The van der Waals surface area contributed by atoms with Gasteiger partial charge in [-0.25, -0.2) is 13.1 Å². The number of morpholine rings is 1. The van der Waals surface area contributed by atoms with Crippen LogP contribution in [0.3, 0.4) is 0 Å². The van der Waals surface area contributed by atoms with Crippen molar-refractivity contribution in [2.45, 2.75) is 31.0 Å². The second-order valence-electron chi connectivity index (χ2n) is 5.61. The molecule has 0 bridgehead atoms. The molecule has 1 aliphatic heterocycles. The van der Waals surface area contributed by atoms with E-state index in [1.54, 1.807) is 23.1 Å². The molecule has 23 heavy (non-hydrogen) atoms. The highest BCUT2D eigenvalue weighted by Crippen LogP contribution is 2.13. The summed E-state index contributed by atoms with van der Waals surface area (Å²) < 4.78 is 31.2. The highest BCUT2D eigenvalue weighted by atomic mass is 32.2. The van der Waals surface area contributed by atoms with Crippen molar-refractivity contribution in [2.75, 3.05) is 20.1 Å². The van der Waals surface area contributed by atoms with E-state index < -0.39 is 10.0 Å². The van der Waals surface area contributed by atoms with Crippen LogP contribution in [0.5, 0.6) is 0 Å². The molecule has 2 rings (SSSR count). The molecular formula is C16H22N2O4S. The minimum atomic E-state index is -3.44. The van der Waals surface area contributed by atoms with Gasteiger partial charge in [0.25, 0.3) is 0 Å². The van der Waals surface area contributed by atoms with Gasteiger partial charge in [0, 0.05) is 19.2 Å². The fraction of sp³-hybridized carbons (Fsp3) is 0.438. The third-order valence-corrected chi connectivity index (χ3v) is 5.04. The van der Waals surface area contributed by atoms with Crippen molar-refractivity contribution in [1.29, 1.82) is 0 Å². The first kappa shape index (κ1) is 17.7. The summed E-state index contributed by atoms with van der Waals surface area (Å²) in [5, 5.41) is 0. The third kappa shape index (κ3) is 4.63. The average Bonchev–Trinajstić information content (AvgIpc) is 2.52. The van der Waals surface area contributed by atoms with Crippen molar-refractivity contribution < 1.29 is 17.9 Å². The van der Waals surface area contributed by atoms with Crippen LogP contribution < -0.4 is 4.72 Å². The average molecular weight is 338 g/mol. The zero-order chi connectivity index (χ0) is 17.0. The van der Waals surface area contributed by atoms with Crippen molar-refractivity contribution in [2.24, 2.45) is 0 Å². The Kier molecular flexibility index (Phi) is 5.56. The van der Waals surface area contributed by atoms with Crippen LogP contribution in [-0.4, -0.2) is 51.6 Å². The molecule has 0 spiro atoms. The van der Waals surface area contributed by atoms with E-state index in [0.29, 0.717) is 13.1 Å². The molecule has 0 aliphatic carbocycles. The molecule has 126 valence electrons. The van der Waals surface area contributed by atoms with Gasteiger partial charge in [-0.1, -0.05) is 12.1 Å². The maximum absolute atomic E-state index is 12.2. The Labute approximate surface area is 137 Å². The minimum absolute atomic E-state index is 0.0298. The van der Waals surface area contributed by atoms with E-state index in [9.17, 15) is 13.2 Å². The molecule has 1 fully saturated rings. The Morgan fingerprint density at radius 3 is 2.30 bits per heavy atom. The van der Waals surface area contributed by atoms with Crippen LogP contribution in [0, 0.1) is 0 Å². The van der Waals surface area contributed by atoms with Crippen LogP contribution in [0.4, 0.5) is 0 Å². The summed E-state index contributed by atoms with van der Waals surface area (Å²) in [5.74, 6) is -0.0704. The summed E-state index contributed by atoms with van der Waals surface area (Å²) in [5.41, 5.74) is 0.766. The SMILES string of the molecule is CNS(=O)(=O)c1ccc(/C=C\C(=O)N2C[C@@H](C)O[C@@H](C)C2)cc1. The molecule has 6 nitrogen and oxygen atoms in total. The lowest BCUT2D eigenvalue weighted by Crippen LogP contribution is -2.47. The van der Waals surface area contributed by atoms with E-state index in [-0.39, 0.29) is 23.0 Å². The van der Waals surface area contributed by atoms with Crippen molar-refractivity contribution in [1.82, 2.24) is 9.62 Å². The predicted molar refractivity (Wildman–Crippen MR) is 88.3 cm³/mol. The van der Waals surface area contributed by atoms with Gasteiger partial charge in [0.05, 0.1) is 17.1 Å². The maximum atomic E-state index is 12.2. The van der Waals surface area contributed by atoms with Gasteiger partial charge in [0.1, 0.15) is 0 Å². The van der Waals surface area contributed by atoms with Gasteiger partial charge < -0.3 is 9.64 Å². The number of carbonyl (C=O) groups excluding carboxylic acids is 1. The van der Waals surface area contributed by atoms with E-state index >= 15 is 0 Å². The minimum Gasteiger partial charge on any atom is -0.372 e. The van der Waals surface area contributed by atoms with Crippen LogP contribution >= 0.6 is 0 Å². The van der Waals surface area contributed by atoms with Gasteiger partial charge in [0.2, 0.25) is 15.9 Å². The summed E-state index contributed by atoms with van der Waals surface area (Å²) in [7, 11) is -2.07. The van der Waals surface area contributed by atoms with E-state index in [4.69, 9.17) is 4.74 Å². The van der Waals surface area contributed by atoms with Crippen LogP contribution in [0.2, 0.25) is 0 Å². The molecule has 2 atom stereocenters. The molecular weight excluding hydrogens is 316 g/mol. The number of hydrogen-bond acceptors (Lipinski definition) is 4. The first-order valence-electron chi connectivity index (χ1n) is 7.48. The molecule has 0 saturated carbocycles. The highest BCUT2D eigenvalue weighted by Gasteiger charge is 2.24. The van der Waals surface area contributed by atoms with Crippen LogP contribution in [-0.2, 0) is 19.6 Å². The zero-order valence-electron chi connectivity index (χ0n) is 13.5. The molecule has 1 heterocycles. The van der Waals surface area contributed by atoms with Crippen molar-refractivity contribution in [3.8, 4) is 0 Å². The van der Waals surface area contributed by atoms with E-state index in [0.717, 1.165) is 5.56 Å².